The molecule has 0 saturated heterocycles. The highest BCUT2D eigenvalue weighted by Crippen LogP contribution is 2.42. The Kier molecular flexibility index (Phi) is 5.06. The maximum Gasteiger partial charge on any atom is 0.200 e. The van der Waals surface area contributed by atoms with Crippen LogP contribution in [0.3, 0.4) is 0 Å². The number of pyridine rings is 1. The molecule has 27 heavy (non-hydrogen) atoms. The fourth-order valence-electron chi connectivity index (χ4n) is 2.73. The number of phenols is 1. The molecule has 0 aliphatic heterocycles. The predicted octanol–water partition coefficient (Wildman–Crippen LogP) is 4.25. The second-order valence-corrected chi connectivity index (χ2v) is 6.10. The van der Waals surface area contributed by atoms with Crippen molar-refractivity contribution < 1.29 is 14.6 Å². The highest BCUT2D eigenvalue weighted by atomic mass is 35.5. The average molecular weight is 382 g/mol. The number of benzene rings is 2. The molecule has 3 rings (SSSR count). The Hall–Kier alpha value is -3.43. The summed E-state index contributed by atoms with van der Waals surface area (Å²) in [6, 6.07) is 14.2. The van der Waals surface area contributed by atoms with Crippen LogP contribution in [0.25, 0.3) is 22.4 Å². The summed E-state index contributed by atoms with van der Waals surface area (Å²) < 4.78 is 10.4. The number of halogens is 1. The van der Waals surface area contributed by atoms with E-state index in [9.17, 15) is 10.4 Å². The van der Waals surface area contributed by atoms with Crippen LogP contribution in [-0.2, 0) is 0 Å². The standard InChI is InChI=1S/C20H16ClN3O3/c1-26-17-7-12(8-18(27-2)19(17)25)14-9-16(24-20(23)15(14)10-22)11-3-5-13(21)6-4-11/h3-9,25H,1-2H3,(H2,23,24). The van der Waals surface area contributed by atoms with Gasteiger partial charge in [-0.2, -0.15) is 5.26 Å². The van der Waals surface area contributed by atoms with E-state index < -0.39 is 0 Å². The monoisotopic (exact) mass is 381 g/mol. The van der Waals surface area contributed by atoms with Crippen molar-refractivity contribution >= 4 is 17.4 Å². The molecule has 3 aromatic rings. The first-order valence-corrected chi connectivity index (χ1v) is 8.28. The molecular weight excluding hydrogens is 366 g/mol. The zero-order chi connectivity index (χ0) is 19.6. The van der Waals surface area contributed by atoms with Gasteiger partial charge >= 0.3 is 0 Å². The SMILES string of the molecule is COc1cc(-c2cc(-c3ccc(Cl)cc3)nc(N)c2C#N)cc(OC)c1O. The Labute approximate surface area is 161 Å². The average Bonchev–Trinajstić information content (AvgIpc) is 2.68. The third-order valence-electron chi connectivity index (χ3n) is 4.09. The van der Waals surface area contributed by atoms with Gasteiger partial charge in [0, 0.05) is 16.1 Å². The van der Waals surface area contributed by atoms with Crippen molar-refractivity contribution in [3.05, 3.63) is 53.1 Å². The lowest BCUT2D eigenvalue weighted by molar-refractivity contribution is 0.340. The number of nitrogens with zero attached hydrogens (tertiary/aromatic N) is 2. The van der Waals surface area contributed by atoms with Crippen molar-refractivity contribution in [1.82, 2.24) is 4.98 Å². The number of hydrogen-bond donors (Lipinski definition) is 2. The van der Waals surface area contributed by atoms with E-state index in [1.54, 1.807) is 30.3 Å². The van der Waals surface area contributed by atoms with Crippen molar-refractivity contribution in [2.24, 2.45) is 0 Å². The van der Waals surface area contributed by atoms with Gasteiger partial charge in [0.1, 0.15) is 17.5 Å². The summed E-state index contributed by atoms with van der Waals surface area (Å²) in [6.45, 7) is 0. The van der Waals surface area contributed by atoms with E-state index in [4.69, 9.17) is 26.8 Å². The van der Waals surface area contributed by atoms with Crippen LogP contribution in [0.1, 0.15) is 5.56 Å². The number of aromatic nitrogens is 1. The normalized spacial score (nSPS) is 10.3. The fraction of sp³-hybridized carbons (Fsp3) is 0.100. The maximum absolute atomic E-state index is 10.1. The van der Waals surface area contributed by atoms with Crippen molar-refractivity contribution in [1.29, 1.82) is 5.26 Å². The number of aromatic hydroxyl groups is 1. The van der Waals surface area contributed by atoms with Crippen LogP contribution >= 0.6 is 11.6 Å². The number of anilines is 1. The Bertz CT molecular complexity index is 1020. The second kappa shape index (κ2) is 7.44. The van der Waals surface area contributed by atoms with E-state index in [1.807, 2.05) is 12.1 Å². The first-order valence-electron chi connectivity index (χ1n) is 7.90. The van der Waals surface area contributed by atoms with E-state index in [0.29, 0.717) is 21.8 Å². The molecule has 0 aliphatic rings. The summed E-state index contributed by atoms with van der Waals surface area (Å²) in [4.78, 5) is 4.33. The number of nitriles is 1. The molecule has 0 aliphatic carbocycles. The minimum absolute atomic E-state index is 0.103. The smallest absolute Gasteiger partial charge is 0.200 e. The van der Waals surface area contributed by atoms with Gasteiger partial charge in [-0.05, 0) is 35.9 Å². The molecule has 3 N–H and O–H groups in total. The molecule has 0 radical (unpaired) electrons. The van der Waals surface area contributed by atoms with E-state index in [1.165, 1.54) is 14.2 Å². The summed E-state index contributed by atoms with van der Waals surface area (Å²) in [7, 11) is 2.87. The lowest BCUT2D eigenvalue weighted by atomic mass is 9.97. The molecule has 1 heterocycles. The van der Waals surface area contributed by atoms with Crippen LogP contribution in [0.5, 0.6) is 17.2 Å². The molecule has 0 bridgehead atoms. The summed E-state index contributed by atoms with van der Waals surface area (Å²) >= 11 is 5.95. The molecule has 7 heteroatoms. The van der Waals surface area contributed by atoms with Crippen molar-refractivity contribution in [2.75, 3.05) is 20.0 Å². The second-order valence-electron chi connectivity index (χ2n) is 5.66. The van der Waals surface area contributed by atoms with Gasteiger partial charge in [0.25, 0.3) is 0 Å². The third-order valence-corrected chi connectivity index (χ3v) is 4.34. The van der Waals surface area contributed by atoms with Crippen molar-refractivity contribution in [2.45, 2.75) is 0 Å². The van der Waals surface area contributed by atoms with Crippen molar-refractivity contribution in [3.8, 4) is 45.7 Å². The zero-order valence-electron chi connectivity index (χ0n) is 14.7. The van der Waals surface area contributed by atoms with E-state index in [0.717, 1.165) is 5.56 Å². The van der Waals surface area contributed by atoms with Crippen LogP contribution in [0, 0.1) is 11.3 Å². The summed E-state index contributed by atoms with van der Waals surface area (Å²) in [5.41, 5.74) is 8.80. The molecule has 136 valence electrons. The fourth-order valence-corrected chi connectivity index (χ4v) is 2.85. The Morgan fingerprint density at radius 2 is 1.63 bits per heavy atom. The Morgan fingerprint density at radius 1 is 1.04 bits per heavy atom. The number of phenolic OH excluding ortho intramolecular Hbond substituents is 1. The van der Waals surface area contributed by atoms with Crippen molar-refractivity contribution in [3.63, 3.8) is 0 Å². The van der Waals surface area contributed by atoms with E-state index in [-0.39, 0.29) is 28.6 Å². The minimum atomic E-state index is -0.123. The van der Waals surface area contributed by atoms with Gasteiger partial charge in [-0.1, -0.05) is 23.7 Å². The van der Waals surface area contributed by atoms with E-state index in [2.05, 4.69) is 11.1 Å². The van der Waals surface area contributed by atoms with Gasteiger partial charge in [-0.25, -0.2) is 4.98 Å². The highest BCUT2D eigenvalue weighted by Gasteiger charge is 2.18. The number of nitrogen functional groups attached to an aromatic ring is 1. The first kappa shape index (κ1) is 18.4. The molecular formula is C20H16ClN3O3. The van der Waals surface area contributed by atoms with Crippen LogP contribution in [0.2, 0.25) is 5.02 Å². The lowest BCUT2D eigenvalue weighted by Crippen LogP contribution is -2.00. The van der Waals surface area contributed by atoms with Crippen LogP contribution in [0.15, 0.2) is 42.5 Å². The van der Waals surface area contributed by atoms with Gasteiger partial charge in [0.15, 0.2) is 11.5 Å². The molecule has 0 spiro atoms. The number of rotatable bonds is 4. The number of ether oxygens (including phenoxy) is 2. The molecule has 0 unspecified atom stereocenters. The summed E-state index contributed by atoms with van der Waals surface area (Å²) in [6.07, 6.45) is 0. The molecule has 1 aromatic heterocycles. The highest BCUT2D eigenvalue weighted by molar-refractivity contribution is 6.30. The van der Waals surface area contributed by atoms with Gasteiger partial charge in [0.2, 0.25) is 5.75 Å². The summed E-state index contributed by atoms with van der Waals surface area (Å²) in [5, 5.41) is 20.3. The van der Waals surface area contributed by atoms with Gasteiger partial charge < -0.3 is 20.3 Å². The van der Waals surface area contributed by atoms with Gasteiger partial charge in [-0.15, -0.1) is 0 Å². The maximum atomic E-state index is 10.1. The minimum Gasteiger partial charge on any atom is -0.502 e. The Balaban J connectivity index is 2.26. The van der Waals surface area contributed by atoms with Crippen LogP contribution in [0.4, 0.5) is 5.82 Å². The van der Waals surface area contributed by atoms with Gasteiger partial charge in [-0.3, -0.25) is 0 Å². The van der Waals surface area contributed by atoms with Gasteiger partial charge in [0.05, 0.1) is 19.9 Å². The third kappa shape index (κ3) is 3.46. The molecule has 0 fully saturated rings. The zero-order valence-corrected chi connectivity index (χ0v) is 15.4. The number of hydrogen-bond acceptors (Lipinski definition) is 6. The number of methoxy groups -OCH3 is 2. The molecule has 0 amide bonds. The quantitative estimate of drug-likeness (QED) is 0.700. The number of nitrogens with two attached hydrogens (primary N) is 1. The van der Waals surface area contributed by atoms with Crippen LogP contribution in [-0.4, -0.2) is 24.3 Å². The molecule has 6 nitrogen and oxygen atoms in total. The van der Waals surface area contributed by atoms with Crippen LogP contribution < -0.4 is 15.2 Å². The summed E-state index contributed by atoms with van der Waals surface area (Å²) in [5.74, 6) is 0.418. The lowest BCUT2D eigenvalue weighted by Gasteiger charge is -2.14. The molecule has 2 aromatic carbocycles. The Morgan fingerprint density at radius 3 is 2.15 bits per heavy atom. The van der Waals surface area contributed by atoms with E-state index >= 15 is 0 Å². The largest absolute Gasteiger partial charge is 0.502 e. The first-order chi connectivity index (χ1) is 13.0. The molecule has 0 atom stereocenters. The topological polar surface area (TPSA) is 101 Å². The predicted molar refractivity (Wildman–Crippen MR) is 104 cm³/mol. The molecule has 0 saturated carbocycles.